The molecule has 0 fully saturated rings. The van der Waals surface area contributed by atoms with Crippen LogP contribution < -0.4 is 9.62 Å². The minimum atomic E-state index is -4.16. The molecule has 3 aromatic rings. The Bertz CT molecular complexity index is 1380. The topological polar surface area (TPSA) is 86.8 Å². The third-order valence-corrected chi connectivity index (χ3v) is 9.08. The Labute approximate surface area is 251 Å². The van der Waals surface area contributed by atoms with Crippen LogP contribution in [0.25, 0.3) is 0 Å². The van der Waals surface area contributed by atoms with Crippen molar-refractivity contribution in [2.45, 2.75) is 50.6 Å². The molecule has 0 saturated carbocycles. The number of sulfonamides is 1. The van der Waals surface area contributed by atoms with Gasteiger partial charge in [-0.25, -0.2) is 8.42 Å². The molecule has 0 heterocycles. The number of nitrogens with one attached hydrogen (secondary N) is 1. The molecule has 0 saturated heterocycles. The monoisotopic (exact) mass is 623 g/mol. The van der Waals surface area contributed by atoms with E-state index in [1.54, 1.807) is 55.5 Å². The van der Waals surface area contributed by atoms with Gasteiger partial charge >= 0.3 is 0 Å². The molecule has 2 amide bonds. The largest absolute Gasteiger partial charge is 0.354 e. The molecule has 0 aromatic heterocycles. The highest BCUT2D eigenvalue weighted by Gasteiger charge is 2.34. The number of halogens is 3. The Balaban J connectivity index is 2.06. The molecular formula is C29H32Cl3N3O4S. The molecule has 1 N–H and O–H groups in total. The Morgan fingerprint density at radius 2 is 1.50 bits per heavy atom. The molecule has 11 heteroatoms. The highest BCUT2D eigenvalue weighted by molar-refractivity contribution is 7.92. The van der Waals surface area contributed by atoms with Crippen LogP contribution in [0.5, 0.6) is 0 Å². The lowest BCUT2D eigenvalue weighted by molar-refractivity contribution is -0.140. The van der Waals surface area contributed by atoms with Crippen molar-refractivity contribution in [2.24, 2.45) is 0 Å². The molecule has 0 aliphatic rings. The van der Waals surface area contributed by atoms with Crippen molar-refractivity contribution in [2.75, 3.05) is 17.4 Å². The third kappa shape index (κ3) is 7.91. The lowest BCUT2D eigenvalue weighted by Gasteiger charge is -2.33. The van der Waals surface area contributed by atoms with E-state index >= 15 is 0 Å². The smallest absolute Gasteiger partial charge is 0.264 e. The molecule has 0 aliphatic carbocycles. The molecule has 0 spiro atoms. The second-order valence-electron chi connectivity index (χ2n) is 9.09. The highest BCUT2D eigenvalue weighted by atomic mass is 35.5. The first-order chi connectivity index (χ1) is 19.1. The summed E-state index contributed by atoms with van der Waals surface area (Å²) >= 11 is 18.9. The van der Waals surface area contributed by atoms with E-state index in [2.05, 4.69) is 5.32 Å². The fourth-order valence-electron chi connectivity index (χ4n) is 4.14. The number of hydrogen-bond donors (Lipinski definition) is 1. The van der Waals surface area contributed by atoms with E-state index in [-0.39, 0.29) is 29.5 Å². The van der Waals surface area contributed by atoms with Crippen LogP contribution in [0.3, 0.4) is 0 Å². The fraction of sp³-hybridized carbons (Fsp3) is 0.310. The Morgan fingerprint density at radius 1 is 0.875 bits per heavy atom. The van der Waals surface area contributed by atoms with E-state index in [0.717, 1.165) is 17.1 Å². The zero-order chi connectivity index (χ0) is 29.3. The van der Waals surface area contributed by atoms with Crippen molar-refractivity contribution in [3.63, 3.8) is 0 Å². The van der Waals surface area contributed by atoms with Crippen molar-refractivity contribution in [1.29, 1.82) is 0 Å². The van der Waals surface area contributed by atoms with Gasteiger partial charge in [-0.05, 0) is 61.4 Å². The summed E-state index contributed by atoms with van der Waals surface area (Å²) < 4.78 is 28.6. The summed E-state index contributed by atoms with van der Waals surface area (Å²) in [6.07, 6.45) is 1.96. The third-order valence-electron chi connectivity index (χ3n) is 6.33. The molecule has 1 atom stereocenters. The second-order valence-corrected chi connectivity index (χ2v) is 12.2. The van der Waals surface area contributed by atoms with Gasteiger partial charge in [-0.3, -0.25) is 13.9 Å². The summed E-state index contributed by atoms with van der Waals surface area (Å²) in [7, 11) is -4.16. The van der Waals surface area contributed by atoms with Gasteiger partial charge in [0.25, 0.3) is 10.0 Å². The molecule has 0 bridgehead atoms. The SMILES string of the molecule is CCCCNC(=O)[C@@H](CC)N(Cc1c(Cl)cccc1Cl)C(=O)CN(c1ccc(Cl)cc1)S(=O)(=O)c1ccccc1. The second kappa shape index (κ2) is 14.7. The van der Waals surface area contributed by atoms with Gasteiger partial charge in [0, 0.05) is 33.7 Å². The molecular weight excluding hydrogens is 593 g/mol. The molecule has 3 aromatic carbocycles. The lowest BCUT2D eigenvalue weighted by Crippen LogP contribution is -2.52. The van der Waals surface area contributed by atoms with Crippen molar-refractivity contribution in [3.8, 4) is 0 Å². The number of nitrogens with zero attached hydrogens (tertiary/aromatic N) is 2. The summed E-state index contributed by atoms with van der Waals surface area (Å²) in [5.74, 6) is -0.931. The van der Waals surface area contributed by atoms with Crippen molar-refractivity contribution >= 4 is 62.3 Å². The van der Waals surface area contributed by atoms with Gasteiger partial charge < -0.3 is 10.2 Å². The maximum atomic E-state index is 14.1. The van der Waals surface area contributed by atoms with Gasteiger partial charge in [0.2, 0.25) is 11.8 Å². The van der Waals surface area contributed by atoms with Gasteiger partial charge in [-0.1, -0.05) is 79.3 Å². The number of hydrogen-bond acceptors (Lipinski definition) is 4. The molecule has 0 radical (unpaired) electrons. The quantitative estimate of drug-likeness (QED) is 0.218. The first kappa shape index (κ1) is 31.7. The van der Waals surface area contributed by atoms with E-state index in [4.69, 9.17) is 34.8 Å². The zero-order valence-electron chi connectivity index (χ0n) is 22.3. The van der Waals surface area contributed by atoms with E-state index in [0.29, 0.717) is 27.2 Å². The van der Waals surface area contributed by atoms with Crippen molar-refractivity contribution in [1.82, 2.24) is 10.2 Å². The first-order valence-corrected chi connectivity index (χ1v) is 15.5. The van der Waals surface area contributed by atoms with Gasteiger partial charge in [0.05, 0.1) is 10.6 Å². The van der Waals surface area contributed by atoms with Gasteiger partial charge in [-0.2, -0.15) is 0 Å². The van der Waals surface area contributed by atoms with Crippen molar-refractivity contribution < 1.29 is 18.0 Å². The normalized spacial score (nSPS) is 12.0. The highest BCUT2D eigenvalue weighted by Crippen LogP contribution is 2.29. The lowest BCUT2D eigenvalue weighted by atomic mass is 10.1. The minimum Gasteiger partial charge on any atom is -0.354 e. The van der Waals surface area contributed by atoms with Crippen molar-refractivity contribution in [3.05, 3.63) is 93.4 Å². The summed E-state index contributed by atoms with van der Waals surface area (Å²) in [4.78, 5) is 28.7. The number of rotatable bonds is 13. The van der Waals surface area contributed by atoms with Crippen LogP contribution in [0, 0.1) is 0 Å². The van der Waals surface area contributed by atoms with Gasteiger partial charge in [-0.15, -0.1) is 0 Å². The Hall–Kier alpha value is -2.78. The predicted molar refractivity (Wildman–Crippen MR) is 161 cm³/mol. The van der Waals surface area contributed by atoms with E-state index in [1.165, 1.54) is 29.2 Å². The molecule has 0 unspecified atom stereocenters. The number of amides is 2. The Kier molecular flexibility index (Phi) is 11.7. The van der Waals surface area contributed by atoms with Gasteiger partial charge in [0.1, 0.15) is 12.6 Å². The predicted octanol–water partition coefficient (Wildman–Crippen LogP) is 6.57. The van der Waals surface area contributed by atoms with Crippen LogP contribution in [0.1, 0.15) is 38.7 Å². The molecule has 3 rings (SSSR count). The summed E-state index contributed by atoms with van der Waals surface area (Å²) in [5.41, 5.74) is 0.709. The summed E-state index contributed by atoms with van der Waals surface area (Å²) in [6, 6.07) is 18.1. The fourth-order valence-corrected chi connectivity index (χ4v) is 6.21. The standard InChI is InChI=1S/C29H32Cl3N3O4S/c1-3-5-18-33-29(37)27(4-2)34(19-24-25(31)12-9-13-26(24)32)28(36)20-35(22-16-14-21(30)15-17-22)40(38,39)23-10-7-6-8-11-23/h6-17,27H,3-5,18-20H2,1-2H3,(H,33,37)/t27-/m1/s1. The van der Waals surface area contributed by atoms with Crippen LogP contribution >= 0.6 is 34.8 Å². The molecule has 0 aliphatic heterocycles. The number of benzene rings is 3. The summed E-state index contributed by atoms with van der Waals surface area (Å²) in [5, 5.41) is 3.96. The molecule has 40 heavy (non-hydrogen) atoms. The first-order valence-electron chi connectivity index (χ1n) is 12.9. The zero-order valence-corrected chi connectivity index (χ0v) is 25.4. The van der Waals surface area contributed by atoms with Crippen LogP contribution in [-0.4, -0.2) is 44.3 Å². The average molecular weight is 625 g/mol. The Morgan fingerprint density at radius 3 is 2.08 bits per heavy atom. The van der Waals surface area contributed by atoms with Crippen LogP contribution in [0.15, 0.2) is 77.7 Å². The van der Waals surface area contributed by atoms with Crippen LogP contribution in [-0.2, 0) is 26.2 Å². The number of carbonyl (C=O) groups is 2. The molecule has 214 valence electrons. The van der Waals surface area contributed by atoms with E-state index in [9.17, 15) is 18.0 Å². The van der Waals surface area contributed by atoms with Gasteiger partial charge in [0.15, 0.2) is 0 Å². The number of unbranched alkanes of at least 4 members (excludes halogenated alkanes) is 1. The maximum absolute atomic E-state index is 14.1. The van der Waals surface area contributed by atoms with Crippen LogP contribution in [0.2, 0.25) is 15.1 Å². The van der Waals surface area contributed by atoms with E-state index < -0.39 is 28.5 Å². The van der Waals surface area contributed by atoms with Crippen LogP contribution in [0.4, 0.5) is 5.69 Å². The van der Waals surface area contributed by atoms with E-state index in [1.807, 2.05) is 6.92 Å². The summed E-state index contributed by atoms with van der Waals surface area (Å²) in [6.45, 7) is 3.60. The maximum Gasteiger partial charge on any atom is 0.264 e. The minimum absolute atomic E-state index is 0.0165. The molecule has 7 nitrogen and oxygen atoms in total. The average Bonchev–Trinajstić information content (AvgIpc) is 2.94. The number of carbonyl (C=O) groups excluding carboxylic acids is 2. The number of anilines is 1.